The number of nitro benzene ring substituents is 1. The Balaban J connectivity index is 2.36. The molecule has 0 amide bonds. The van der Waals surface area contributed by atoms with E-state index in [-0.39, 0.29) is 21.7 Å². The van der Waals surface area contributed by atoms with Gasteiger partial charge in [0.2, 0.25) is 10.0 Å². The number of hydrogen-bond acceptors (Lipinski definition) is 5. The summed E-state index contributed by atoms with van der Waals surface area (Å²) in [5.41, 5.74) is 0.164. The quantitative estimate of drug-likeness (QED) is 0.521. The average molecular weight is 306 g/mol. The summed E-state index contributed by atoms with van der Waals surface area (Å²) in [4.78, 5) is 22.2. The lowest BCUT2D eigenvalue weighted by molar-refractivity contribution is -0.384. The summed E-state index contributed by atoms with van der Waals surface area (Å²) >= 11 is 0. The van der Waals surface area contributed by atoms with E-state index < -0.39 is 20.7 Å². The first kappa shape index (κ1) is 14.8. The molecule has 0 aliphatic rings. The Hall–Kier alpha value is -2.58. The minimum absolute atomic E-state index is 0.113. The molecule has 0 unspecified atom stereocenters. The highest BCUT2D eigenvalue weighted by molar-refractivity contribution is 7.89. The normalized spacial score (nSPS) is 11.1. The number of primary sulfonamides is 1. The summed E-state index contributed by atoms with van der Waals surface area (Å²) in [6, 6.07) is 10.3. The molecule has 0 fully saturated rings. The molecule has 0 aliphatic heterocycles. The standard InChI is InChI=1S/C13H10N2O5S/c14-21(19,20)12-6-4-9(5-7-12)13(16)10-2-1-3-11(8-10)15(17)18/h1-8H,(H2,14,19,20)/i12+0. The number of carbonyl (C=O) groups excluding carboxylic acids is 1. The van der Waals surface area contributed by atoms with Crippen molar-refractivity contribution < 1.29 is 18.1 Å². The maximum Gasteiger partial charge on any atom is 0.270 e. The third-order valence-corrected chi connectivity index (χ3v) is 3.69. The molecule has 0 saturated heterocycles. The third-order valence-electron chi connectivity index (χ3n) is 2.76. The van der Waals surface area contributed by atoms with Gasteiger partial charge in [-0.1, -0.05) is 12.1 Å². The summed E-state index contributed by atoms with van der Waals surface area (Å²) in [7, 11) is -3.83. The van der Waals surface area contributed by atoms with Crippen LogP contribution in [-0.4, -0.2) is 19.1 Å². The number of rotatable bonds is 4. The topological polar surface area (TPSA) is 120 Å². The predicted molar refractivity (Wildman–Crippen MR) is 74.3 cm³/mol. The summed E-state index contributed by atoms with van der Waals surface area (Å²) < 4.78 is 22.2. The summed E-state index contributed by atoms with van der Waals surface area (Å²) in [6.45, 7) is 0. The van der Waals surface area contributed by atoms with Crippen molar-refractivity contribution in [3.8, 4) is 0 Å². The zero-order valence-electron chi connectivity index (χ0n) is 10.6. The molecule has 2 rings (SSSR count). The number of ketones is 1. The zero-order chi connectivity index (χ0) is 15.6. The molecule has 0 saturated carbocycles. The smallest absolute Gasteiger partial charge is 0.270 e. The minimum Gasteiger partial charge on any atom is -0.289 e. The fourth-order valence-corrected chi connectivity index (χ4v) is 2.24. The van der Waals surface area contributed by atoms with E-state index in [2.05, 4.69) is 0 Å². The minimum atomic E-state index is -3.83. The molecule has 0 heterocycles. The second kappa shape index (κ2) is 5.43. The highest BCUT2D eigenvalue weighted by atomic mass is 32.2. The van der Waals surface area contributed by atoms with Crippen molar-refractivity contribution in [2.75, 3.05) is 0 Å². The van der Waals surface area contributed by atoms with Gasteiger partial charge in [0.25, 0.3) is 5.69 Å². The number of sulfonamides is 1. The van der Waals surface area contributed by atoms with E-state index in [9.17, 15) is 23.3 Å². The molecule has 21 heavy (non-hydrogen) atoms. The lowest BCUT2D eigenvalue weighted by Gasteiger charge is -2.03. The van der Waals surface area contributed by atoms with Crippen molar-refractivity contribution in [1.82, 2.24) is 0 Å². The van der Waals surface area contributed by atoms with E-state index >= 15 is 0 Å². The number of nitrogens with two attached hydrogens (primary N) is 1. The van der Waals surface area contributed by atoms with Gasteiger partial charge in [-0.15, -0.1) is 0 Å². The maximum absolute atomic E-state index is 12.2. The molecule has 0 bridgehead atoms. The van der Waals surface area contributed by atoms with Gasteiger partial charge in [0, 0.05) is 23.3 Å². The molecule has 0 radical (unpaired) electrons. The van der Waals surface area contributed by atoms with Gasteiger partial charge in [-0.25, -0.2) is 13.6 Å². The molecule has 0 aliphatic carbocycles. The molecule has 0 atom stereocenters. The fraction of sp³-hybridized carbons (Fsp3) is 0. The molecule has 108 valence electrons. The molecule has 0 aromatic heterocycles. The molecule has 7 nitrogen and oxygen atoms in total. The first-order chi connectivity index (χ1) is 9.79. The number of non-ortho nitro benzene ring substituents is 1. The molecule has 0 spiro atoms. The average Bonchev–Trinajstić information content (AvgIpc) is 2.46. The van der Waals surface area contributed by atoms with Gasteiger partial charge in [-0.3, -0.25) is 14.9 Å². The lowest BCUT2D eigenvalue weighted by atomic mass is 10.0. The van der Waals surface area contributed by atoms with Crippen LogP contribution >= 0.6 is 0 Å². The van der Waals surface area contributed by atoms with Gasteiger partial charge >= 0.3 is 0 Å². The largest absolute Gasteiger partial charge is 0.289 e. The van der Waals surface area contributed by atoms with Gasteiger partial charge < -0.3 is 0 Å². The molecule has 2 N–H and O–H groups in total. The zero-order valence-corrected chi connectivity index (χ0v) is 11.4. The first-order valence-corrected chi connectivity index (χ1v) is 7.26. The monoisotopic (exact) mass is 306 g/mol. The van der Waals surface area contributed by atoms with Crippen LogP contribution in [-0.2, 0) is 10.0 Å². The molecular formula is C13H10N2O5S. The van der Waals surface area contributed by atoms with Crippen LogP contribution in [0.3, 0.4) is 0 Å². The van der Waals surface area contributed by atoms with Gasteiger partial charge in [0.1, 0.15) is 0 Å². The van der Waals surface area contributed by atoms with Crippen LogP contribution in [0.5, 0.6) is 0 Å². The van der Waals surface area contributed by atoms with Crippen molar-refractivity contribution in [1.29, 1.82) is 0 Å². The Morgan fingerprint density at radius 2 is 1.67 bits per heavy atom. The summed E-state index contributed by atoms with van der Waals surface area (Å²) in [5, 5.41) is 15.6. The second-order valence-electron chi connectivity index (χ2n) is 4.21. The van der Waals surface area contributed by atoms with Crippen LogP contribution in [0.25, 0.3) is 0 Å². The molecular weight excluding hydrogens is 296 g/mol. The molecule has 8 heteroatoms. The van der Waals surface area contributed by atoms with Crippen LogP contribution in [0.15, 0.2) is 53.4 Å². The second-order valence-corrected chi connectivity index (χ2v) is 5.77. The lowest BCUT2D eigenvalue weighted by Crippen LogP contribution is -2.12. The van der Waals surface area contributed by atoms with Crippen LogP contribution in [0.1, 0.15) is 15.9 Å². The maximum atomic E-state index is 12.2. The van der Waals surface area contributed by atoms with E-state index in [0.717, 1.165) is 6.07 Å². The number of benzene rings is 2. The van der Waals surface area contributed by atoms with E-state index in [0.29, 0.717) is 0 Å². The third kappa shape index (κ3) is 3.30. The van der Waals surface area contributed by atoms with Crippen molar-refractivity contribution in [3.05, 3.63) is 69.8 Å². The van der Waals surface area contributed by atoms with Crippen molar-refractivity contribution in [2.45, 2.75) is 4.90 Å². The van der Waals surface area contributed by atoms with Crippen molar-refractivity contribution in [2.24, 2.45) is 5.14 Å². The highest BCUT2D eigenvalue weighted by Crippen LogP contribution is 2.17. The van der Waals surface area contributed by atoms with Crippen molar-refractivity contribution in [3.63, 3.8) is 0 Å². The van der Waals surface area contributed by atoms with E-state index in [1.54, 1.807) is 0 Å². The fourth-order valence-electron chi connectivity index (χ4n) is 1.72. The van der Waals surface area contributed by atoms with E-state index in [1.807, 2.05) is 0 Å². The Bertz CT molecular complexity index is 813. The van der Waals surface area contributed by atoms with Gasteiger partial charge in [0.15, 0.2) is 5.78 Å². The Labute approximate surface area is 120 Å². The van der Waals surface area contributed by atoms with Gasteiger partial charge in [-0.05, 0) is 24.3 Å². The Morgan fingerprint density at radius 3 is 2.19 bits per heavy atom. The summed E-state index contributed by atoms with van der Waals surface area (Å²) in [6.07, 6.45) is 0. The Morgan fingerprint density at radius 1 is 1.05 bits per heavy atom. The predicted octanol–water partition coefficient (Wildman–Crippen LogP) is 1.47. The van der Waals surface area contributed by atoms with Gasteiger partial charge in [0.05, 0.1) is 9.82 Å². The number of nitrogens with zero attached hydrogens (tertiary/aromatic N) is 1. The SMILES string of the molecule is NS(=O)(=O)[12c]1ccc(C(=O)c2cccc([N+](=O)[O-])c2)cc1. The van der Waals surface area contributed by atoms with Crippen LogP contribution in [0.4, 0.5) is 5.69 Å². The number of hydrogen-bond donors (Lipinski definition) is 1. The number of nitro groups is 1. The molecule has 2 aromatic carbocycles. The Kier molecular flexibility index (Phi) is 3.83. The van der Waals surface area contributed by atoms with E-state index in [1.165, 1.54) is 42.5 Å². The van der Waals surface area contributed by atoms with Crippen molar-refractivity contribution >= 4 is 21.5 Å². The van der Waals surface area contributed by atoms with Crippen LogP contribution in [0.2, 0.25) is 0 Å². The molecule has 2 aromatic rings. The number of carbonyl (C=O) groups is 1. The highest BCUT2D eigenvalue weighted by Gasteiger charge is 2.14. The first-order valence-electron chi connectivity index (χ1n) is 5.71. The van der Waals surface area contributed by atoms with Crippen LogP contribution in [0, 0.1) is 10.1 Å². The van der Waals surface area contributed by atoms with Crippen LogP contribution < -0.4 is 5.14 Å². The van der Waals surface area contributed by atoms with E-state index in [4.69, 9.17) is 5.14 Å². The summed E-state index contributed by atoms with van der Waals surface area (Å²) in [5.74, 6) is -0.445. The van der Waals surface area contributed by atoms with Gasteiger partial charge in [-0.2, -0.15) is 0 Å².